The molecular weight excluding hydrogens is 299 g/mol. The summed E-state index contributed by atoms with van der Waals surface area (Å²) in [5.41, 5.74) is 0.240. The molecule has 0 aliphatic carbocycles. The first-order chi connectivity index (χ1) is 10.4. The third-order valence-corrected chi connectivity index (χ3v) is 3.45. The first-order valence-corrected chi connectivity index (χ1v) is 6.41. The summed E-state index contributed by atoms with van der Waals surface area (Å²) in [6.45, 7) is 1.55. The summed E-state index contributed by atoms with van der Waals surface area (Å²) in [6, 6.07) is 6.77. The average Bonchev–Trinajstić information content (AvgIpc) is 2.43. The fourth-order valence-corrected chi connectivity index (χ4v) is 2.44. The van der Waals surface area contributed by atoms with Crippen LogP contribution in [0.2, 0.25) is 0 Å². The van der Waals surface area contributed by atoms with Gasteiger partial charge in [0.25, 0.3) is 0 Å². The highest BCUT2D eigenvalue weighted by atomic mass is 19.2. The molecule has 0 atom stereocenters. The molecule has 5 heteroatoms. The molecule has 0 heterocycles. The van der Waals surface area contributed by atoms with Crippen LogP contribution in [-0.2, 0) is 0 Å². The molecule has 0 saturated carbocycles. The van der Waals surface area contributed by atoms with Gasteiger partial charge in [0.1, 0.15) is 11.6 Å². The maximum atomic E-state index is 14.0. The zero-order valence-electron chi connectivity index (χ0n) is 11.4. The number of fused-ring (bicyclic) bond motifs is 1. The lowest BCUT2D eigenvalue weighted by atomic mass is 9.99. The molecule has 3 aromatic carbocycles. The van der Waals surface area contributed by atoms with Crippen LogP contribution in [-0.4, -0.2) is 0 Å². The Balaban J connectivity index is 2.28. The van der Waals surface area contributed by atoms with E-state index in [1.165, 1.54) is 18.2 Å². The summed E-state index contributed by atoms with van der Waals surface area (Å²) in [4.78, 5) is 0. The Hall–Kier alpha value is -2.43. The summed E-state index contributed by atoms with van der Waals surface area (Å²) < 4.78 is 68.1. The number of benzene rings is 3. The number of aryl methyl sites for hydroxylation is 1. The molecule has 0 amide bonds. The Kier molecular flexibility index (Phi) is 3.35. The molecule has 0 aromatic heterocycles. The minimum atomic E-state index is -1.58. The van der Waals surface area contributed by atoms with Crippen molar-refractivity contribution in [2.45, 2.75) is 6.92 Å². The maximum Gasteiger partial charge on any atom is 0.195 e. The summed E-state index contributed by atoms with van der Waals surface area (Å²) in [6.07, 6.45) is 0. The molecular formula is C17H9F5. The molecule has 3 aromatic rings. The van der Waals surface area contributed by atoms with Crippen LogP contribution in [0.1, 0.15) is 5.56 Å². The van der Waals surface area contributed by atoms with Crippen molar-refractivity contribution in [2.75, 3.05) is 0 Å². The fourth-order valence-electron chi connectivity index (χ4n) is 2.44. The fraction of sp³-hybridized carbons (Fsp3) is 0.0588. The molecule has 0 aliphatic rings. The van der Waals surface area contributed by atoms with E-state index in [2.05, 4.69) is 0 Å². The minimum Gasteiger partial charge on any atom is -0.206 e. The van der Waals surface area contributed by atoms with Gasteiger partial charge in [-0.2, -0.15) is 0 Å². The largest absolute Gasteiger partial charge is 0.206 e. The number of rotatable bonds is 1. The Labute approximate surface area is 122 Å². The van der Waals surface area contributed by atoms with Crippen molar-refractivity contribution in [3.63, 3.8) is 0 Å². The maximum absolute atomic E-state index is 14.0. The molecule has 0 bridgehead atoms. The second kappa shape index (κ2) is 5.09. The van der Waals surface area contributed by atoms with E-state index in [1.54, 1.807) is 6.92 Å². The quantitative estimate of drug-likeness (QED) is 0.411. The molecule has 112 valence electrons. The smallest absolute Gasteiger partial charge is 0.195 e. The number of hydrogen-bond acceptors (Lipinski definition) is 0. The monoisotopic (exact) mass is 308 g/mol. The van der Waals surface area contributed by atoms with E-state index in [1.807, 2.05) is 0 Å². The van der Waals surface area contributed by atoms with Crippen LogP contribution in [0.4, 0.5) is 22.0 Å². The predicted molar refractivity (Wildman–Crippen MR) is 73.9 cm³/mol. The van der Waals surface area contributed by atoms with Crippen molar-refractivity contribution in [3.05, 3.63) is 71.0 Å². The van der Waals surface area contributed by atoms with E-state index in [-0.39, 0.29) is 21.9 Å². The van der Waals surface area contributed by atoms with E-state index in [0.29, 0.717) is 5.56 Å². The van der Waals surface area contributed by atoms with E-state index in [4.69, 9.17) is 0 Å². The SMILES string of the molecule is Cc1cc(F)c(-c2ccc3c(F)c(F)c(F)cc3c2)c(F)c1. The van der Waals surface area contributed by atoms with E-state index >= 15 is 0 Å². The van der Waals surface area contributed by atoms with Crippen LogP contribution in [0.3, 0.4) is 0 Å². The van der Waals surface area contributed by atoms with Gasteiger partial charge in [0.2, 0.25) is 0 Å². The van der Waals surface area contributed by atoms with Crippen molar-refractivity contribution in [1.29, 1.82) is 0 Å². The average molecular weight is 308 g/mol. The number of halogens is 5. The molecule has 22 heavy (non-hydrogen) atoms. The highest BCUT2D eigenvalue weighted by Crippen LogP contribution is 2.31. The van der Waals surface area contributed by atoms with Gasteiger partial charge in [-0.25, -0.2) is 22.0 Å². The number of hydrogen-bond donors (Lipinski definition) is 0. The normalized spacial score (nSPS) is 11.2. The van der Waals surface area contributed by atoms with Crippen LogP contribution in [0.25, 0.3) is 21.9 Å². The van der Waals surface area contributed by atoms with Crippen molar-refractivity contribution >= 4 is 10.8 Å². The van der Waals surface area contributed by atoms with Gasteiger partial charge in [0.15, 0.2) is 17.5 Å². The van der Waals surface area contributed by atoms with Crippen molar-refractivity contribution in [1.82, 2.24) is 0 Å². The van der Waals surface area contributed by atoms with Crippen molar-refractivity contribution < 1.29 is 22.0 Å². The highest BCUT2D eigenvalue weighted by molar-refractivity contribution is 5.88. The molecule has 3 rings (SSSR count). The lowest BCUT2D eigenvalue weighted by Gasteiger charge is -2.09. The van der Waals surface area contributed by atoms with Crippen molar-refractivity contribution in [3.8, 4) is 11.1 Å². The first kappa shape index (κ1) is 14.5. The Morgan fingerprint density at radius 3 is 1.95 bits per heavy atom. The summed E-state index contributed by atoms with van der Waals surface area (Å²) in [5, 5.41) is -0.135. The summed E-state index contributed by atoms with van der Waals surface area (Å²) >= 11 is 0. The Bertz CT molecular complexity index is 876. The third kappa shape index (κ3) is 2.22. The summed E-state index contributed by atoms with van der Waals surface area (Å²) in [7, 11) is 0. The van der Waals surface area contributed by atoms with Crippen LogP contribution in [0, 0.1) is 36.0 Å². The molecule has 0 aliphatic heterocycles. The van der Waals surface area contributed by atoms with E-state index in [0.717, 1.165) is 18.2 Å². The topological polar surface area (TPSA) is 0 Å². The lowest BCUT2D eigenvalue weighted by molar-refractivity contribution is 0.453. The second-order valence-electron chi connectivity index (χ2n) is 5.03. The predicted octanol–water partition coefficient (Wildman–Crippen LogP) is 5.51. The van der Waals surface area contributed by atoms with E-state index < -0.39 is 29.1 Å². The molecule has 0 nitrogen and oxygen atoms in total. The van der Waals surface area contributed by atoms with Gasteiger partial charge in [-0.05, 0) is 47.7 Å². The Morgan fingerprint density at radius 1 is 0.682 bits per heavy atom. The van der Waals surface area contributed by atoms with E-state index in [9.17, 15) is 22.0 Å². The zero-order chi connectivity index (χ0) is 16.0. The van der Waals surface area contributed by atoms with Gasteiger partial charge < -0.3 is 0 Å². The van der Waals surface area contributed by atoms with Gasteiger partial charge in [-0.1, -0.05) is 12.1 Å². The van der Waals surface area contributed by atoms with Crippen LogP contribution in [0.5, 0.6) is 0 Å². The third-order valence-electron chi connectivity index (χ3n) is 3.45. The second-order valence-corrected chi connectivity index (χ2v) is 5.03. The standard InChI is InChI=1S/C17H9F5/c1-8-4-12(18)15(13(19)5-8)9-2-3-11-10(6-9)7-14(20)17(22)16(11)21/h2-7H,1H3. The Morgan fingerprint density at radius 2 is 1.32 bits per heavy atom. The minimum absolute atomic E-state index is 0.0216. The van der Waals surface area contributed by atoms with Gasteiger partial charge in [-0.15, -0.1) is 0 Å². The van der Waals surface area contributed by atoms with Gasteiger partial charge in [-0.3, -0.25) is 0 Å². The van der Waals surface area contributed by atoms with Crippen LogP contribution < -0.4 is 0 Å². The summed E-state index contributed by atoms with van der Waals surface area (Å²) in [5.74, 6) is -5.81. The van der Waals surface area contributed by atoms with Gasteiger partial charge in [0, 0.05) is 5.39 Å². The highest BCUT2D eigenvalue weighted by Gasteiger charge is 2.16. The molecule has 0 saturated heterocycles. The van der Waals surface area contributed by atoms with Crippen LogP contribution in [0.15, 0.2) is 36.4 Å². The molecule has 0 unspecified atom stereocenters. The van der Waals surface area contributed by atoms with Crippen LogP contribution >= 0.6 is 0 Å². The van der Waals surface area contributed by atoms with Gasteiger partial charge >= 0.3 is 0 Å². The van der Waals surface area contributed by atoms with Gasteiger partial charge in [0.05, 0.1) is 5.56 Å². The molecule has 0 fully saturated rings. The lowest BCUT2D eigenvalue weighted by Crippen LogP contribution is -1.95. The molecule has 0 spiro atoms. The molecule has 0 radical (unpaired) electrons. The van der Waals surface area contributed by atoms with Crippen molar-refractivity contribution in [2.24, 2.45) is 0 Å². The zero-order valence-corrected chi connectivity index (χ0v) is 11.4. The molecule has 0 N–H and O–H groups in total. The first-order valence-electron chi connectivity index (χ1n) is 6.41.